The zero-order chi connectivity index (χ0) is 10.9. The van der Waals surface area contributed by atoms with Gasteiger partial charge in [0.15, 0.2) is 0 Å². The van der Waals surface area contributed by atoms with Gasteiger partial charge in [-0.15, -0.1) is 0 Å². The van der Waals surface area contributed by atoms with Gasteiger partial charge in [0.25, 0.3) is 0 Å². The van der Waals surface area contributed by atoms with Crippen molar-refractivity contribution < 1.29 is 4.79 Å². The summed E-state index contributed by atoms with van der Waals surface area (Å²) in [5.41, 5.74) is 0.231. The zero-order valence-corrected chi connectivity index (χ0v) is 9.88. The van der Waals surface area contributed by atoms with E-state index in [1.165, 1.54) is 32.1 Å². The molecule has 1 saturated heterocycles. The molecule has 0 aromatic rings. The highest BCUT2D eigenvalue weighted by Crippen LogP contribution is 2.31. The molecule has 1 atom stereocenters. The lowest BCUT2D eigenvalue weighted by atomic mass is 9.78. The van der Waals surface area contributed by atoms with Gasteiger partial charge in [0.05, 0.1) is 6.04 Å². The monoisotopic (exact) mass is 210 g/mol. The van der Waals surface area contributed by atoms with E-state index in [-0.39, 0.29) is 11.6 Å². The number of nitrogens with zero attached hydrogens (tertiary/aromatic N) is 1. The highest BCUT2D eigenvalue weighted by molar-refractivity contribution is 5.81. The Labute approximate surface area is 92.2 Å². The number of carbonyl (C=O) groups is 1. The molecule has 86 valence electrons. The fourth-order valence-electron chi connectivity index (χ4n) is 2.65. The second-order valence-corrected chi connectivity index (χ2v) is 5.31. The molecule has 1 saturated carbocycles. The Morgan fingerprint density at radius 1 is 1.27 bits per heavy atom. The molecular formula is C12H22N2O. The molecule has 1 amide bonds. The van der Waals surface area contributed by atoms with Crippen LogP contribution in [0.5, 0.6) is 0 Å². The summed E-state index contributed by atoms with van der Waals surface area (Å²) in [6, 6.07) is -0.00611. The first-order valence-electron chi connectivity index (χ1n) is 6.17. The van der Waals surface area contributed by atoms with Crippen molar-refractivity contribution in [2.75, 3.05) is 13.1 Å². The fraction of sp³-hybridized carbons (Fsp3) is 0.917. The first-order chi connectivity index (χ1) is 7.11. The van der Waals surface area contributed by atoms with Gasteiger partial charge >= 0.3 is 0 Å². The number of rotatable bonds is 3. The van der Waals surface area contributed by atoms with Crippen molar-refractivity contribution in [2.45, 2.75) is 57.5 Å². The van der Waals surface area contributed by atoms with E-state index in [1.54, 1.807) is 0 Å². The molecule has 0 bridgehead atoms. The lowest BCUT2D eigenvalue weighted by Crippen LogP contribution is -2.56. The average molecular weight is 210 g/mol. The molecule has 0 aromatic heterocycles. The van der Waals surface area contributed by atoms with Crippen molar-refractivity contribution in [1.82, 2.24) is 10.2 Å². The number of carbonyl (C=O) groups excluding carboxylic acids is 1. The summed E-state index contributed by atoms with van der Waals surface area (Å²) in [6.45, 7) is 6.15. The summed E-state index contributed by atoms with van der Waals surface area (Å²) in [5, 5.41) is 3.48. The van der Waals surface area contributed by atoms with Gasteiger partial charge in [-0.25, -0.2) is 0 Å². The highest BCUT2D eigenvalue weighted by atomic mass is 16.2. The molecule has 3 heteroatoms. The molecule has 2 fully saturated rings. The number of amides is 1. The summed E-state index contributed by atoms with van der Waals surface area (Å²) in [5.74, 6) is 0.292. The molecule has 3 nitrogen and oxygen atoms in total. The molecule has 0 spiro atoms. The number of hydrogen-bond acceptors (Lipinski definition) is 2. The molecule has 1 aliphatic carbocycles. The Kier molecular flexibility index (Phi) is 3.01. The van der Waals surface area contributed by atoms with E-state index in [0.29, 0.717) is 5.91 Å². The van der Waals surface area contributed by atoms with Crippen LogP contribution in [0, 0.1) is 0 Å². The lowest BCUT2D eigenvalue weighted by Gasteiger charge is -2.41. The van der Waals surface area contributed by atoms with E-state index >= 15 is 0 Å². The van der Waals surface area contributed by atoms with Crippen LogP contribution in [0.1, 0.15) is 46.0 Å². The van der Waals surface area contributed by atoms with Crippen LogP contribution in [-0.4, -0.2) is 35.5 Å². The lowest BCUT2D eigenvalue weighted by molar-refractivity contribution is -0.132. The van der Waals surface area contributed by atoms with Crippen LogP contribution in [-0.2, 0) is 4.79 Å². The molecule has 0 aromatic carbocycles. The van der Waals surface area contributed by atoms with Crippen molar-refractivity contribution in [1.29, 1.82) is 0 Å². The minimum atomic E-state index is -0.00611. The maximum absolute atomic E-state index is 12.0. The summed E-state index contributed by atoms with van der Waals surface area (Å²) in [7, 11) is 0. The molecule has 1 N–H and O–H groups in total. The van der Waals surface area contributed by atoms with E-state index in [2.05, 4.69) is 12.2 Å². The van der Waals surface area contributed by atoms with Gasteiger partial charge in [0, 0.05) is 18.6 Å². The van der Waals surface area contributed by atoms with E-state index < -0.39 is 0 Å². The van der Waals surface area contributed by atoms with Crippen LogP contribution in [0.4, 0.5) is 0 Å². The topological polar surface area (TPSA) is 32.3 Å². The minimum Gasteiger partial charge on any atom is -0.341 e. The Hall–Kier alpha value is -0.570. The van der Waals surface area contributed by atoms with Gasteiger partial charge in [-0.2, -0.15) is 0 Å². The Morgan fingerprint density at radius 2 is 1.87 bits per heavy atom. The fourth-order valence-corrected chi connectivity index (χ4v) is 2.65. The van der Waals surface area contributed by atoms with Crippen LogP contribution >= 0.6 is 0 Å². The Balaban J connectivity index is 1.84. The standard InChI is InChI=1S/C12H22N2O/c1-10(13-12(2)6-5-7-12)11(15)14-8-3-4-9-14/h10,13H,3-9H2,1-2H3. The van der Waals surface area contributed by atoms with E-state index in [1.807, 2.05) is 11.8 Å². The molecule has 1 heterocycles. The highest BCUT2D eigenvalue weighted by Gasteiger charge is 2.35. The largest absolute Gasteiger partial charge is 0.341 e. The van der Waals surface area contributed by atoms with Gasteiger partial charge < -0.3 is 10.2 Å². The number of likely N-dealkylation sites (tertiary alicyclic amines) is 1. The van der Waals surface area contributed by atoms with Crippen molar-refractivity contribution in [3.63, 3.8) is 0 Å². The van der Waals surface area contributed by atoms with Crippen molar-refractivity contribution in [2.24, 2.45) is 0 Å². The summed E-state index contributed by atoms with van der Waals surface area (Å²) in [6.07, 6.45) is 6.08. The van der Waals surface area contributed by atoms with Gasteiger partial charge in [-0.1, -0.05) is 0 Å². The minimum absolute atomic E-state index is 0.00611. The average Bonchev–Trinajstić information content (AvgIpc) is 2.66. The van der Waals surface area contributed by atoms with Gasteiger partial charge in [-0.3, -0.25) is 4.79 Å². The maximum atomic E-state index is 12.0. The van der Waals surface area contributed by atoms with Crippen molar-refractivity contribution >= 4 is 5.91 Å². The van der Waals surface area contributed by atoms with Crippen LogP contribution in [0.15, 0.2) is 0 Å². The first-order valence-corrected chi connectivity index (χ1v) is 6.17. The summed E-state index contributed by atoms with van der Waals surface area (Å²) >= 11 is 0. The molecule has 0 radical (unpaired) electrons. The van der Waals surface area contributed by atoms with Gasteiger partial charge in [0.2, 0.25) is 5.91 Å². The zero-order valence-electron chi connectivity index (χ0n) is 9.88. The third-order valence-electron chi connectivity index (χ3n) is 3.81. The quantitative estimate of drug-likeness (QED) is 0.766. The third kappa shape index (κ3) is 2.33. The van der Waals surface area contributed by atoms with Crippen LogP contribution in [0.2, 0.25) is 0 Å². The van der Waals surface area contributed by atoms with E-state index in [4.69, 9.17) is 0 Å². The smallest absolute Gasteiger partial charge is 0.239 e. The number of hydrogen-bond donors (Lipinski definition) is 1. The van der Waals surface area contributed by atoms with Gasteiger partial charge in [-0.05, 0) is 46.0 Å². The van der Waals surface area contributed by atoms with Crippen LogP contribution in [0.3, 0.4) is 0 Å². The third-order valence-corrected chi connectivity index (χ3v) is 3.81. The maximum Gasteiger partial charge on any atom is 0.239 e. The predicted molar refractivity (Wildman–Crippen MR) is 60.7 cm³/mol. The Morgan fingerprint density at radius 3 is 2.33 bits per heavy atom. The predicted octanol–water partition coefficient (Wildman–Crippen LogP) is 1.53. The van der Waals surface area contributed by atoms with E-state index in [9.17, 15) is 4.79 Å². The van der Waals surface area contributed by atoms with Gasteiger partial charge in [0.1, 0.15) is 0 Å². The summed E-state index contributed by atoms with van der Waals surface area (Å²) < 4.78 is 0. The van der Waals surface area contributed by atoms with Crippen LogP contribution in [0.25, 0.3) is 0 Å². The molecule has 2 aliphatic rings. The van der Waals surface area contributed by atoms with Crippen molar-refractivity contribution in [3.8, 4) is 0 Å². The summed E-state index contributed by atoms with van der Waals surface area (Å²) in [4.78, 5) is 14.0. The van der Waals surface area contributed by atoms with E-state index in [0.717, 1.165) is 13.1 Å². The second kappa shape index (κ2) is 4.12. The second-order valence-electron chi connectivity index (χ2n) is 5.31. The molecule has 1 aliphatic heterocycles. The molecule has 15 heavy (non-hydrogen) atoms. The molecular weight excluding hydrogens is 188 g/mol. The number of nitrogens with one attached hydrogen (secondary N) is 1. The van der Waals surface area contributed by atoms with Crippen molar-refractivity contribution in [3.05, 3.63) is 0 Å². The Bertz CT molecular complexity index is 242. The van der Waals surface area contributed by atoms with Crippen LogP contribution < -0.4 is 5.32 Å². The normalized spacial score (nSPS) is 26.1. The molecule has 1 unspecified atom stereocenters. The first kappa shape index (κ1) is 10.9. The SMILES string of the molecule is CC(NC1(C)CCC1)C(=O)N1CCCC1. The molecule has 2 rings (SSSR count).